The number of nitrogens with one attached hydrogen (secondary N) is 1. The Bertz CT molecular complexity index is 915. The van der Waals surface area contributed by atoms with E-state index in [-0.39, 0.29) is 24.5 Å². The number of hydrogen-bond acceptors (Lipinski definition) is 7. The van der Waals surface area contributed by atoms with E-state index < -0.39 is 0 Å². The molecular weight excluding hydrogens is 416 g/mol. The van der Waals surface area contributed by atoms with Gasteiger partial charge in [-0.2, -0.15) is 0 Å². The van der Waals surface area contributed by atoms with Gasteiger partial charge in [-0.05, 0) is 45.4 Å². The van der Waals surface area contributed by atoms with E-state index in [9.17, 15) is 9.59 Å². The fraction of sp³-hybridized carbons (Fsp3) is 0.500. The maximum Gasteiger partial charge on any atom is 0.258 e. The number of carbonyl (C=O) groups excluding carboxylic acids is 2. The molecule has 8 nitrogen and oxygen atoms in total. The third kappa shape index (κ3) is 6.10. The molecule has 168 valence electrons. The Kier molecular flexibility index (Phi) is 7.73. The molecule has 2 heterocycles. The van der Waals surface area contributed by atoms with Crippen molar-refractivity contribution in [2.75, 3.05) is 44.8 Å². The van der Waals surface area contributed by atoms with Crippen LogP contribution in [0.2, 0.25) is 0 Å². The predicted molar refractivity (Wildman–Crippen MR) is 121 cm³/mol. The molecule has 1 aliphatic heterocycles. The number of methoxy groups -OCH3 is 1. The van der Waals surface area contributed by atoms with Crippen LogP contribution in [0.5, 0.6) is 11.5 Å². The zero-order valence-corrected chi connectivity index (χ0v) is 19.3. The highest BCUT2D eigenvalue weighted by Crippen LogP contribution is 2.29. The first kappa shape index (κ1) is 22.9. The van der Waals surface area contributed by atoms with Crippen molar-refractivity contribution in [1.82, 2.24) is 15.2 Å². The summed E-state index contributed by atoms with van der Waals surface area (Å²) in [4.78, 5) is 33.6. The lowest BCUT2D eigenvalue weighted by atomic mass is 10.1. The van der Waals surface area contributed by atoms with Crippen molar-refractivity contribution >= 4 is 28.3 Å². The molecule has 2 amide bonds. The normalized spacial score (nSPS) is 14.4. The molecule has 31 heavy (non-hydrogen) atoms. The van der Waals surface area contributed by atoms with Crippen LogP contribution in [0.3, 0.4) is 0 Å². The number of anilines is 1. The summed E-state index contributed by atoms with van der Waals surface area (Å²) < 4.78 is 11.0. The lowest BCUT2D eigenvalue weighted by molar-refractivity contribution is -0.123. The number of hydrogen-bond donors (Lipinski definition) is 1. The zero-order chi connectivity index (χ0) is 22.4. The molecule has 0 unspecified atom stereocenters. The van der Waals surface area contributed by atoms with Gasteiger partial charge < -0.3 is 24.6 Å². The van der Waals surface area contributed by atoms with Gasteiger partial charge in [0.2, 0.25) is 0 Å². The van der Waals surface area contributed by atoms with Crippen LogP contribution in [0.15, 0.2) is 23.6 Å². The van der Waals surface area contributed by atoms with E-state index in [2.05, 4.69) is 15.2 Å². The van der Waals surface area contributed by atoms with E-state index in [4.69, 9.17) is 9.47 Å². The summed E-state index contributed by atoms with van der Waals surface area (Å²) in [6.45, 7) is 8.61. The molecule has 2 aromatic rings. The van der Waals surface area contributed by atoms with Crippen LogP contribution in [-0.4, -0.2) is 67.6 Å². The lowest BCUT2D eigenvalue weighted by Crippen LogP contribution is -2.35. The summed E-state index contributed by atoms with van der Waals surface area (Å²) in [6.07, 6.45) is 0.883. The Balaban J connectivity index is 1.63. The highest BCUT2D eigenvalue weighted by atomic mass is 32.1. The molecular formula is C22H30N4O4S. The Morgan fingerprint density at radius 3 is 2.68 bits per heavy atom. The molecule has 1 aliphatic rings. The number of aromatic nitrogens is 1. The number of nitrogens with zero attached hydrogens (tertiary/aromatic N) is 3. The van der Waals surface area contributed by atoms with Crippen molar-refractivity contribution < 1.29 is 19.1 Å². The Morgan fingerprint density at radius 2 is 2.00 bits per heavy atom. The number of thiazole rings is 1. The number of rotatable bonds is 7. The van der Waals surface area contributed by atoms with Gasteiger partial charge in [0.1, 0.15) is 0 Å². The molecule has 0 radical (unpaired) electrons. The number of amides is 2. The average Bonchev–Trinajstić information content (AvgIpc) is 3.03. The van der Waals surface area contributed by atoms with Crippen molar-refractivity contribution in [1.29, 1.82) is 0 Å². The molecule has 1 fully saturated rings. The third-order valence-corrected chi connectivity index (χ3v) is 5.90. The molecule has 0 aliphatic carbocycles. The van der Waals surface area contributed by atoms with Crippen LogP contribution in [0, 0.1) is 6.92 Å². The third-order valence-electron chi connectivity index (χ3n) is 4.88. The van der Waals surface area contributed by atoms with Gasteiger partial charge in [-0.3, -0.25) is 9.59 Å². The maximum atomic E-state index is 13.1. The molecule has 1 aromatic heterocycles. The number of aryl methyl sites for hydroxylation is 1. The van der Waals surface area contributed by atoms with Gasteiger partial charge in [0.25, 0.3) is 11.8 Å². The van der Waals surface area contributed by atoms with Gasteiger partial charge in [-0.15, -0.1) is 11.3 Å². The summed E-state index contributed by atoms with van der Waals surface area (Å²) in [7, 11) is 1.52. The van der Waals surface area contributed by atoms with E-state index in [0.717, 1.165) is 30.3 Å². The minimum absolute atomic E-state index is 0.0421. The second-order valence-electron chi connectivity index (χ2n) is 7.78. The smallest absolute Gasteiger partial charge is 0.258 e. The molecule has 0 atom stereocenters. The molecule has 0 spiro atoms. The van der Waals surface area contributed by atoms with E-state index in [1.54, 1.807) is 29.5 Å². The zero-order valence-electron chi connectivity index (χ0n) is 18.5. The van der Waals surface area contributed by atoms with E-state index >= 15 is 0 Å². The van der Waals surface area contributed by atoms with E-state index in [0.29, 0.717) is 30.2 Å². The minimum atomic E-state index is -0.207. The summed E-state index contributed by atoms with van der Waals surface area (Å²) in [6, 6.07) is 5.11. The highest BCUT2D eigenvalue weighted by Gasteiger charge is 2.23. The Hall–Kier alpha value is -2.81. The fourth-order valence-electron chi connectivity index (χ4n) is 3.41. The molecule has 0 bridgehead atoms. The maximum absolute atomic E-state index is 13.1. The van der Waals surface area contributed by atoms with Crippen molar-refractivity contribution in [2.24, 2.45) is 0 Å². The number of carbonyl (C=O) groups is 2. The number of benzene rings is 1. The van der Waals surface area contributed by atoms with Crippen LogP contribution in [-0.2, 0) is 4.79 Å². The molecule has 3 rings (SSSR count). The summed E-state index contributed by atoms with van der Waals surface area (Å²) in [5.74, 6) is 0.610. The van der Waals surface area contributed by atoms with Crippen molar-refractivity contribution in [3.05, 3.63) is 34.8 Å². The lowest BCUT2D eigenvalue weighted by Gasteiger charge is -2.22. The first-order chi connectivity index (χ1) is 14.9. The fourth-order valence-corrected chi connectivity index (χ4v) is 4.27. The topological polar surface area (TPSA) is 84.0 Å². The van der Waals surface area contributed by atoms with Gasteiger partial charge in [-0.25, -0.2) is 4.98 Å². The van der Waals surface area contributed by atoms with Crippen molar-refractivity contribution in [3.8, 4) is 11.5 Å². The molecule has 1 aromatic carbocycles. The Morgan fingerprint density at radius 1 is 1.19 bits per heavy atom. The molecule has 0 saturated carbocycles. The van der Waals surface area contributed by atoms with E-state index in [1.807, 2.05) is 31.1 Å². The van der Waals surface area contributed by atoms with Gasteiger partial charge in [0.15, 0.2) is 23.2 Å². The molecule has 1 N–H and O–H groups in total. The van der Waals surface area contributed by atoms with Gasteiger partial charge in [0.05, 0.1) is 12.8 Å². The molecule has 9 heteroatoms. The Labute approximate surface area is 187 Å². The van der Waals surface area contributed by atoms with Gasteiger partial charge in [-0.1, -0.05) is 0 Å². The van der Waals surface area contributed by atoms with Crippen molar-refractivity contribution in [2.45, 2.75) is 33.2 Å². The highest BCUT2D eigenvalue weighted by molar-refractivity contribution is 7.13. The average molecular weight is 447 g/mol. The quantitative estimate of drug-likeness (QED) is 0.704. The van der Waals surface area contributed by atoms with Gasteiger partial charge in [0, 0.05) is 43.2 Å². The first-order valence-corrected chi connectivity index (χ1v) is 11.3. The van der Waals surface area contributed by atoms with Crippen LogP contribution < -0.4 is 19.7 Å². The standard InChI is InChI=1S/C22H30N4O4S/c1-15(2)23-20(27)13-30-18-7-6-17(12-19(18)29-4)21(28)25-8-5-9-26(11-10-25)22-24-16(3)14-31-22/h6-7,12,14-15H,5,8-11,13H2,1-4H3,(H,23,27). The van der Waals surface area contributed by atoms with Crippen LogP contribution in [0.25, 0.3) is 0 Å². The largest absolute Gasteiger partial charge is 0.493 e. The minimum Gasteiger partial charge on any atom is -0.493 e. The van der Waals surface area contributed by atoms with E-state index in [1.165, 1.54) is 7.11 Å². The SMILES string of the molecule is COc1cc(C(=O)N2CCCN(c3nc(C)cs3)CC2)ccc1OCC(=O)NC(C)C. The summed E-state index contributed by atoms with van der Waals surface area (Å²) in [5.41, 5.74) is 1.56. The second-order valence-corrected chi connectivity index (χ2v) is 8.62. The summed E-state index contributed by atoms with van der Waals surface area (Å²) in [5, 5.41) is 5.83. The monoisotopic (exact) mass is 446 g/mol. The first-order valence-electron chi connectivity index (χ1n) is 10.4. The molecule has 1 saturated heterocycles. The summed E-state index contributed by atoms with van der Waals surface area (Å²) >= 11 is 1.64. The van der Waals surface area contributed by atoms with Crippen molar-refractivity contribution in [3.63, 3.8) is 0 Å². The number of ether oxygens (including phenoxy) is 2. The second kappa shape index (κ2) is 10.5. The van der Waals surface area contributed by atoms with Gasteiger partial charge >= 0.3 is 0 Å². The predicted octanol–water partition coefficient (Wildman–Crippen LogP) is 2.72. The van der Waals surface area contributed by atoms with Crippen LogP contribution >= 0.6 is 11.3 Å². The van der Waals surface area contributed by atoms with Crippen LogP contribution in [0.4, 0.5) is 5.13 Å². The van der Waals surface area contributed by atoms with Crippen LogP contribution in [0.1, 0.15) is 36.3 Å².